The molecular weight excluding hydrogens is 188 g/mol. The summed E-state index contributed by atoms with van der Waals surface area (Å²) in [6.45, 7) is -0.101. The Bertz CT molecular complexity index is 173. The Morgan fingerprint density at radius 3 is 2.62 bits per heavy atom. The van der Waals surface area contributed by atoms with Gasteiger partial charge in [0.2, 0.25) is 0 Å². The molecule has 0 saturated heterocycles. The van der Waals surface area contributed by atoms with Crippen LogP contribution >= 0.6 is 27.3 Å². The average Bonchev–Trinajstić information content (AvgIpc) is 2.14. The molecule has 1 heterocycles. The van der Waals surface area contributed by atoms with Gasteiger partial charge in [-0.3, -0.25) is 0 Å². The molecule has 0 amide bonds. The average molecular weight is 192 g/mol. The SMILES string of the molecule is [O]Cc1ccc(Br)s1. The second-order valence-electron chi connectivity index (χ2n) is 1.35. The Labute approximate surface area is 60.1 Å². The normalized spacial score (nSPS) is 9.75. The lowest BCUT2D eigenvalue weighted by atomic mass is 10.5. The molecular formula is C5H4BrOS. The van der Waals surface area contributed by atoms with Crippen LogP contribution in [0, 0.1) is 0 Å². The summed E-state index contributed by atoms with van der Waals surface area (Å²) in [5.41, 5.74) is 0. The Kier molecular flexibility index (Phi) is 2.05. The van der Waals surface area contributed by atoms with Crippen LogP contribution in [-0.4, -0.2) is 0 Å². The minimum absolute atomic E-state index is 0.101. The van der Waals surface area contributed by atoms with Crippen molar-refractivity contribution < 1.29 is 5.11 Å². The second-order valence-corrected chi connectivity index (χ2v) is 3.90. The molecule has 1 aromatic rings. The lowest BCUT2D eigenvalue weighted by Crippen LogP contribution is -1.66. The van der Waals surface area contributed by atoms with Crippen LogP contribution in [0.2, 0.25) is 0 Å². The fraction of sp³-hybridized carbons (Fsp3) is 0.200. The van der Waals surface area contributed by atoms with Crippen molar-refractivity contribution in [3.63, 3.8) is 0 Å². The summed E-state index contributed by atoms with van der Waals surface area (Å²) in [6, 6.07) is 3.72. The molecule has 0 N–H and O–H groups in total. The predicted octanol–water partition coefficient (Wildman–Crippen LogP) is 2.44. The van der Waals surface area contributed by atoms with E-state index in [0.29, 0.717) is 0 Å². The van der Waals surface area contributed by atoms with Crippen molar-refractivity contribution in [1.82, 2.24) is 0 Å². The molecule has 0 unspecified atom stereocenters. The van der Waals surface area contributed by atoms with Crippen LogP contribution in [0.5, 0.6) is 0 Å². The van der Waals surface area contributed by atoms with Crippen LogP contribution < -0.4 is 0 Å². The van der Waals surface area contributed by atoms with E-state index in [1.54, 1.807) is 0 Å². The largest absolute Gasteiger partial charge is 0.231 e. The van der Waals surface area contributed by atoms with Gasteiger partial charge in [0.05, 0.1) is 3.79 Å². The predicted molar refractivity (Wildman–Crippen MR) is 36.4 cm³/mol. The molecule has 1 radical (unpaired) electrons. The molecule has 0 aliphatic rings. The number of hydrogen-bond acceptors (Lipinski definition) is 1. The van der Waals surface area contributed by atoms with Gasteiger partial charge in [0, 0.05) is 4.88 Å². The van der Waals surface area contributed by atoms with Gasteiger partial charge in [0.1, 0.15) is 6.61 Å². The van der Waals surface area contributed by atoms with Gasteiger partial charge in [-0.1, -0.05) is 0 Å². The molecule has 0 spiro atoms. The van der Waals surface area contributed by atoms with Crippen molar-refractivity contribution in [3.05, 3.63) is 20.8 Å². The van der Waals surface area contributed by atoms with Crippen molar-refractivity contribution in [1.29, 1.82) is 0 Å². The van der Waals surface area contributed by atoms with Crippen LogP contribution in [0.4, 0.5) is 0 Å². The van der Waals surface area contributed by atoms with E-state index in [1.807, 2.05) is 12.1 Å². The molecule has 0 aromatic carbocycles. The van der Waals surface area contributed by atoms with Crippen molar-refractivity contribution >= 4 is 27.3 Å². The molecule has 8 heavy (non-hydrogen) atoms. The third kappa shape index (κ3) is 1.31. The van der Waals surface area contributed by atoms with E-state index in [4.69, 9.17) is 0 Å². The van der Waals surface area contributed by atoms with E-state index in [0.717, 1.165) is 8.66 Å². The zero-order valence-electron chi connectivity index (χ0n) is 4.06. The summed E-state index contributed by atoms with van der Waals surface area (Å²) in [5, 5.41) is 10.1. The highest BCUT2D eigenvalue weighted by atomic mass is 79.9. The summed E-state index contributed by atoms with van der Waals surface area (Å²) in [7, 11) is 0. The van der Waals surface area contributed by atoms with Gasteiger partial charge < -0.3 is 0 Å². The van der Waals surface area contributed by atoms with Gasteiger partial charge >= 0.3 is 0 Å². The first-order chi connectivity index (χ1) is 3.83. The summed E-state index contributed by atoms with van der Waals surface area (Å²) in [5.74, 6) is 0. The molecule has 0 aliphatic carbocycles. The maximum Gasteiger partial charge on any atom is 0.116 e. The van der Waals surface area contributed by atoms with Crippen molar-refractivity contribution in [2.24, 2.45) is 0 Å². The van der Waals surface area contributed by atoms with Crippen LogP contribution in [-0.2, 0) is 11.7 Å². The van der Waals surface area contributed by atoms with E-state index < -0.39 is 0 Å². The third-order valence-electron chi connectivity index (χ3n) is 0.771. The summed E-state index contributed by atoms with van der Waals surface area (Å²) in [6.07, 6.45) is 0. The first-order valence-electron chi connectivity index (χ1n) is 2.15. The van der Waals surface area contributed by atoms with E-state index in [-0.39, 0.29) is 6.61 Å². The maximum atomic E-state index is 10.1. The lowest BCUT2D eigenvalue weighted by molar-refractivity contribution is 0.180. The van der Waals surface area contributed by atoms with Gasteiger partial charge in [0.25, 0.3) is 0 Å². The Balaban J connectivity index is 2.84. The van der Waals surface area contributed by atoms with Crippen molar-refractivity contribution in [2.75, 3.05) is 0 Å². The zero-order chi connectivity index (χ0) is 5.98. The van der Waals surface area contributed by atoms with Crippen molar-refractivity contribution in [3.8, 4) is 0 Å². The van der Waals surface area contributed by atoms with Crippen LogP contribution in [0.3, 0.4) is 0 Å². The van der Waals surface area contributed by atoms with E-state index in [9.17, 15) is 5.11 Å². The van der Waals surface area contributed by atoms with Crippen LogP contribution in [0.1, 0.15) is 4.88 Å². The van der Waals surface area contributed by atoms with Gasteiger partial charge in [-0.2, -0.15) is 0 Å². The topological polar surface area (TPSA) is 19.9 Å². The third-order valence-corrected chi connectivity index (χ3v) is 2.37. The minimum atomic E-state index is -0.101. The van der Waals surface area contributed by atoms with Gasteiger partial charge in [0.15, 0.2) is 0 Å². The fourth-order valence-electron chi connectivity index (χ4n) is 0.429. The van der Waals surface area contributed by atoms with E-state index in [2.05, 4.69) is 15.9 Å². The Morgan fingerprint density at radius 2 is 2.38 bits per heavy atom. The molecule has 0 saturated carbocycles. The van der Waals surface area contributed by atoms with Gasteiger partial charge in [-0.05, 0) is 28.1 Å². The number of halogens is 1. The number of thiophene rings is 1. The Hall–Kier alpha value is 0.140. The first-order valence-corrected chi connectivity index (χ1v) is 3.76. The maximum absolute atomic E-state index is 10.1. The summed E-state index contributed by atoms with van der Waals surface area (Å²) >= 11 is 4.74. The van der Waals surface area contributed by atoms with Crippen molar-refractivity contribution in [2.45, 2.75) is 6.61 Å². The molecule has 0 bridgehead atoms. The molecule has 1 rings (SSSR count). The van der Waals surface area contributed by atoms with Crippen LogP contribution in [0.15, 0.2) is 15.9 Å². The molecule has 0 aliphatic heterocycles. The first kappa shape index (κ1) is 6.26. The highest BCUT2D eigenvalue weighted by Gasteiger charge is 1.93. The number of hydrogen-bond donors (Lipinski definition) is 0. The smallest absolute Gasteiger partial charge is 0.116 e. The summed E-state index contributed by atoms with van der Waals surface area (Å²) < 4.78 is 1.03. The molecule has 1 aromatic heterocycles. The fourth-order valence-corrected chi connectivity index (χ4v) is 1.77. The highest BCUT2D eigenvalue weighted by Crippen LogP contribution is 2.21. The van der Waals surface area contributed by atoms with Gasteiger partial charge in [-0.25, -0.2) is 5.11 Å². The zero-order valence-corrected chi connectivity index (χ0v) is 6.46. The molecule has 0 fully saturated rings. The Morgan fingerprint density at radius 1 is 1.62 bits per heavy atom. The standard InChI is InChI=1S/C5H4BrOS/c6-5-2-1-4(3-7)8-5/h1-2H,3H2. The number of rotatable bonds is 1. The molecule has 43 valence electrons. The molecule has 3 heteroatoms. The quantitative estimate of drug-likeness (QED) is 0.651. The molecule has 1 nitrogen and oxygen atoms in total. The monoisotopic (exact) mass is 191 g/mol. The second kappa shape index (κ2) is 2.62. The van der Waals surface area contributed by atoms with E-state index >= 15 is 0 Å². The van der Waals surface area contributed by atoms with Crippen LogP contribution in [0.25, 0.3) is 0 Å². The lowest BCUT2D eigenvalue weighted by Gasteiger charge is -1.77. The summed E-state index contributed by atoms with van der Waals surface area (Å²) in [4.78, 5) is 0.886. The molecule has 0 atom stereocenters. The highest BCUT2D eigenvalue weighted by molar-refractivity contribution is 9.11. The van der Waals surface area contributed by atoms with E-state index in [1.165, 1.54) is 11.3 Å². The minimum Gasteiger partial charge on any atom is -0.231 e. The van der Waals surface area contributed by atoms with Gasteiger partial charge in [-0.15, -0.1) is 11.3 Å².